The molecule has 2 aromatic heterocycles. The maximum absolute atomic E-state index is 12.4. The summed E-state index contributed by atoms with van der Waals surface area (Å²) < 4.78 is 1.38. The zero-order valence-corrected chi connectivity index (χ0v) is 13.0. The van der Waals surface area contributed by atoms with Gasteiger partial charge in [0, 0.05) is 17.5 Å². The quantitative estimate of drug-likeness (QED) is 0.544. The van der Waals surface area contributed by atoms with E-state index >= 15 is 0 Å². The lowest BCUT2D eigenvalue weighted by Crippen LogP contribution is -2.23. The first-order valence-corrected chi connectivity index (χ1v) is 8.16. The van der Waals surface area contributed by atoms with Gasteiger partial charge in [0.15, 0.2) is 0 Å². The number of nitrogens with zero attached hydrogens (tertiary/aromatic N) is 3. The third kappa shape index (κ3) is 2.68. The number of thioether (sulfide) groups is 1. The number of fused-ring (bicyclic) bond motifs is 2. The van der Waals surface area contributed by atoms with Gasteiger partial charge in [-0.3, -0.25) is 4.79 Å². The fourth-order valence-corrected chi connectivity index (χ4v) is 3.20. The van der Waals surface area contributed by atoms with Crippen LogP contribution in [0.2, 0.25) is 0 Å². The van der Waals surface area contributed by atoms with Crippen molar-refractivity contribution in [1.29, 1.82) is 0 Å². The Labute approximate surface area is 136 Å². The van der Waals surface area contributed by atoms with Crippen molar-refractivity contribution in [2.75, 3.05) is 0 Å². The SMILES string of the molecule is O=c1c2ccccc2nnn1CSc1ccc2ccccc2[nH+]1. The van der Waals surface area contributed by atoms with Crippen molar-refractivity contribution in [2.24, 2.45) is 0 Å². The predicted molar refractivity (Wildman–Crippen MR) is 90.2 cm³/mol. The van der Waals surface area contributed by atoms with Gasteiger partial charge in [-0.1, -0.05) is 29.5 Å². The monoisotopic (exact) mass is 321 g/mol. The van der Waals surface area contributed by atoms with Gasteiger partial charge in [-0.25, -0.2) is 0 Å². The molecule has 0 saturated carbocycles. The van der Waals surface area contributed by atoms with Crippen molar-refractivity contribution in [3.8, 4) is 0 Å². The van der Waals surface area contributed by atoms with E-state index in [1.807, 2.05) is 36.4 Å². The van der Waals surface area contributed by atoms with Crippen LogP contribution in [0.1, 0.15) is 0 Å². The Morgan fingerprint density at radius 3 is 2.78 bits per heavy atom. The molecule has 0 amide bonds. The minimum absolute atomic E-state index is 0.121. The van der Waals surface area contributed by atoms with Crippen LogP contribution in [0.5, 0.6) is 0 Å². The summed E-state index contributed by atoms with van der Waals surface area (Å²) in [4.78, 5) is 15.8. The van der Waals surface area contributed by atoms with Gasteiger partial charge >= 0.3 is 0 Å². The van der Waals surface area contributed by atoms with E-state index in [1.54, 1.807) is 12.1 Å². The number of aromatic nitrogens is 4. The highest BCUT2D eigenvalue weighted by Crippen LogP contribution is 2.17. The summed E-state index contributed by atoms with van der Waals surface area (Å²) in [6.45, 7) is 0. The molecule has 0 aliphatic rings. The summed E-state index contributed by atoms with van der Waals surface area (Å²) in [5.74, 6) is 0.408. The van der Waals surface area contributed by atoms with Gasteiger partial charge in [0.05, 0.1) is 5.39 Å². The number of H-pyrrole nitrogens is 1. The molecule has 0 fully saturated rings. The van der Waals surface area contributed by atoms with Crippen molar-refractivity contribution in [1.82, 2.24) is 15.0 Å². The van der Waals surface area contributed by atoms with E-state index in [4.69, 9.17) is 0 Å². The third-order valence-corrected chi connectivity index (χ3v) is 4.53. The summed E-state index contributed by atoms with van der Waals surface area (Å²) >= 11 is 1.52. The van der Waals surface area contributed by atoms with Crippen LogP contribution in [-0.4, -0.2) is 15.0 Å². The lowest BCUT2D eigenvalue weighted by Gasteiger charge is -2.02. The van der Waals surface area contributed by atoms with E-state index in [0.717, 1.165) is 15.9 Å². The van der Waals surface area contributed by atoms with Crippen molar-refractivity contribution in [2.45, 2.75) is 10.9 Å². The van der Waals surface area contributed by atoms with Gasteiger partial charge in [0.1, 0.15) is 11.4 Å². The summed E-state index contributed by atoms with van der Waals surface area (Å²) in [5, 5.41) is 10.8. The normalized spacial score (nSPS) is 11.1. The maximum Gasteiger partial charge on any atom is 0.278 e. The number of nitrogens with one attached hydrogen (secondary N) is 1. The first-order chi connectivity index (χ1) is 11.3. The lowest BCUT2D eigenvalue weighted by atomic mass is 10.2. The maximum atomic E-state index is 12.4. The van der Waals surface area contributed by atoms with Gasteiger partial charge in [-0.2, -0.15) is 9.67 Å². The van der Waals surface area contributed by atoms with E-state index < -0.39 is 0 Å². The van der Waals surface area contributed by atoms with Gasteiger partial charge in [0.25, 0.3) is 5.56 Å². The number of rotatable bonds is 3. The highest BCUT2D eigenvalue weighted by Gasteiger charge is 2.09. The minimum atomic E-state index is -0.121. The molecule has 112 valence electrons. The van der Waals surface area contributed by atoms with Crippen LogP contribution in [0.25, 0.3) is 21.8 Å². The molecular formula is C17H13N4OS+. The molecule has 0 spiro atoms. The highest BCUT2D eigenvalue weighted by molar-refractivity contribution is 7.98. The Hall–Kier alpha value is -2.73. The first-order valence-electron chi connectivity index (χ1n) is 7.18. The predicted octanol–water partition coefficient (Wildman–Crippen LogP) is 2.51. The minimum Gasteiger partial charge on any atom is -0.267 e. The molecule has 0 aliphatic heterocycles. The molecule has 0 atom stereocenters. The highest BCUT2D eigenvalue weighted by atomic mass is 32.2. The Morgan fingerprint density at radius 1 is 1.00 bits per heavy atom. The van der Waals surface area contributed by atoms with E-state index in [1.165, 1.54) is 16.4 Å². The molecule has 0 radical (unpaired) electrons. The number of para-hydroxylation sites is 1. The number of pyridine rings is 1. The van der Waals surface area contributed by atoms with Crippen molar-refractivity contribution < 1.29 is 4.98 Å². The Balaban J connectivity index is 1.63. The fraction of sp³-hybridized carbons (Fsp3) is 0.0588. The van der Waals surface area contributed by atoms with E-state index in [0.29, 0.717) is 16.8 Å². The summed E-state index contributed by atoms with van der Waals surface area (Å²) in [6, 6.07) is 19.4. The second-order valence-corrected chi connectivity index (χ2v) is 6.08. The van der Waals surface area contributed by atoms with Crippen LogP contribution < -0.4 is 10.5 Å². The Kier molecular flexibility index (Phi) is 3.51. The van der Waals surface area contributed by atoms with Crippen molar-refractivity contribution >= 4 is 33.6 Å². The van der Waals surface area contributed by atoms with Crippen LogP contribution in [0.15, 0.2) is 70.5 Å². The van der Waals surface area contributed by atoms with Crippen LogP contribution in [0.4, 0.5) is 0 Å². The average molecular weight is 321 g/mol. The second-order valence-electron chi connectivity index (χ2n) is 5.09. The molecule has 5 nitrogen and oxygen atoms in total. The number of hydrogen-bond donors (Lipinski definition) is 0. The first kappa shape index (κ1) is 13.9. The summed E-state index contributed by atoms with van der Waals surface area (Å²) in [7, 11) is 0. The fourth-order valence-electron chi connectivity index (χ4n) is 2.42. The molecule has 23 heavy (non-hydrogen) atoms. The van der Waals surface area contributed by atoms with Gasteiger partial charge in [0.2, 0.25) is 10.5 Å². The molecule has 2 aromatic carbocycles. The standard InChI is InChI=1S/C17H12N4OS/c22-17-13-6-2-4-8-15(13)19-20-21(17)11-23-16-10-9-12-5-1-3-7-14(12)18-16/h1-10H,11H2/p+1. The molecule has 0 bridgehead atoms. The molecule has 4 aromatic rings. The zero-order valence-electron chi connectivity index (χ0n) is 12.1. The summed E-state index contributed by atoms with van der Waals surface area (Å²) in [6.07, 6.45) is 0. The largest absolute Gasteiger partial charge is 0.278 e. The number of hydrogen-bond acceptors (Lipinski definition) is 4. The van der Waals surface area contributed by atoms with Gasteiger partial charge in [-0.15, -0.1) is 5.10 Å². The molecule has 0 saturated heterocycles. The van der Waals surface area contributed by atoms with Crippen LogP contribution in [0, 0.1) is 0 Å². The van der Waals surface area contributed by atoms with Crippen molar-refractivity contribution in [3.63, 3.8) is 0 Å². The van der Waals surface area contributed by atoms with Crippen LogP contribution in [-0.2, 0) is 5.88 Å². The molecule has 2 heterocycles. The topological polar surface area (TPSA) is 61.9 Å². The van der Waals surface area contributed by atoms with E-state index in [9.17, 15) is 4.79 Å². The Bertz CT molecular complexity index is 1060. The Morgan fingerprint density at radius 2 is 1.83 bits per heavy atom. The average Bonchev–Trinajstić information content (AvgIpc) is 2.61. The van der Waals surface area contributed by atoms with Crippen molar-refractivity contribution in [3.05, 3.63) is 71.0 Å². The molecular weight excluding hydrogens is 308 g/mol. The molecule has 0 aliphatic carbocycles. The summed E-state index contributed by atoms with van der Waals surface area (Å²) in [5.41, 5.74) is 1.56. The smallest absolute Gasteiger partial charge is 0.267 e. The lowest BCUT2D eigenvalue weighted by molar-refractivity contribution is -0.395. The molecule has 4 rings (SSSR count). The number of aromatic amines is 1. The molecule has 6 heteroatoms. The van der Waals surface area contributed by atoms with Crippen LogP contribution >= 0.6 is 11.8 Å². The zero-order chi connectivity index (χ0) is 15.6. The molecule has 1 N–H and O–H groups in total. The molecule has 0 unspecified atom stereocenters. The van der Waals surface area contributed by atoms with Gasteiger partial charge in [-0.05, 0) is 36.0 Å². The van der Waals surface area contributed by atoms with Crippen LogP contribution in [0.3, 0.4) is 0 Å². The second kappa shape index (κ2) is 5.81. The van der Waals surface area contributed by atoms with E-state index in [2.05, 4.69) is 27.4 Å². The third-order valence-electron chi connectivity index (χ3n) is 3.60. The van der Waals surface area contributed by atoms with E-state index in [-0.39, 0.29) is 5.56 Å². The van der Waals surface area contributed by atoms with Gasteiger partial charge < -0.3 is 0 Å². The number of benzene rings is 2.